The maximum absolute atomic E-state index is 6.15. The number of hydrogen-bond acceptors (Lipinski definition) is 1. The van der Waals surface area contributed by atoms with Gasteiger partial charge in [-0.25, -0.2) is 0 Å². The van der Waals surface area contributed by atoms with Crippen LogP contribution < -0.4 is 5.32 Å². The molecular formula is C18H22ClN. The molecule has 0 bridgehead atoms. The predicted octanol–water partition coefficient (Wildman–Crippen LogP) is 5.12. The second kappa shape index (κ2) is 6.92. The number of nitrogens with one attached hydrogen (secondary N) is 1. The largest absolute Gasteiger partial charge is 0.313 e. The maximum Gasteiger partial charge on any atom is 0.0409 e. The molecule has 0 spiro atoms. The van der Waals surface area contributed by atoms with E-state index in [0.717, 1.165) is 24.5 Å². The third-order valence-electron chi connectivity index (χ3n) is 3.48. The molecule has 0 saturated heterocycles. The van der Waals surface area contributed by atoms with Gasteiger partial charge in [0, 0.05) is 11.6 Å². The SMILES string of the molecule is CCCNCc1cc(Cl)ccc1-c1ccc(C)cc1C. The van der Waals surface area contributed by atoms with E-state index in [4.69, 9.17) is 11.6 Å². The van der Waals surface area contributed by atoms with Gasteiger partial charge in [0.2, 0.25) is 0 Å². The molecule has 1 N–H and O–H groups in total. The number of hydrogen-bond donors (Lipinski definition) is 1. The molecule has 0 aliphatic heterocycles. The van der Waals surface area contributed by atoms with Gasteiger partial charge in [0.1, 0.15) is 0 Å². The van der Waals surface area contributed by atoms with Crippen LogP contribution in [0.1, 0.15) is 30.0 Å². The van der Waals surface area contributed by atoms with Crippen molar-refractivity contribution < 1.29 is 0 Å². The number of aryl methyl sites for hydroxylation is 2. The van der Waals surface area contributed by atoms with Crippen molar-refractivity contribution in [3.05, 3.63) is 58.1 Å². The van der Waals surface area contributed by atoms with Crippen LogP contribution in [0, 0.1) is 13.8 Å². The summed E-state index contributed by atoms with van der Waals surface area (Å²) in [6, 6.07) is 12.8. The molecule has 0 saturated carbocycles. The first kappa shape index (κ1) is 15.1. The fourth-order valence-corrected chi connectivity index (χ4v) is 2.68. The highest BCUT2D eigenvalue weighted by Crippen LogP contribution is 2.29. The highest BCUT2D eigenvalue weighted by molar-refractivity contribution is 6.30. The van der Waals surface area contributed by atoms with Gasteiger partial charge in [0.05, 0.1) is 0 Å². The Hall–Kier alpha value is -1.31. The standard InChI is InChI=1S/C18H22ClN/c1-4-9-20-12-15-11-16(19)6-8-18(15)17-7-5-13(2)10-14(17)3/h5-8,10-11,20H,4,9,12H2,1-3H3. The summed E-state index contributed by atoms with van der Waals surface area (Å²) < 4.78 is 0. The third-order valence-corrected chi connectivity index (χ3v) is 3.72. The Morgan fingerprint density at radius 3 is 2.45 bits per heavy atom. The lowest BCUT2D eigenvalue weighted by Gasteiger charge is -2.14. The zero-order valence-electron chi connectivity index (χ0n) is 12.5. The first-order chi connectivity index (χ1) is 9.61. The molecule has 0 heterocycles. The lowest BCUT2D eigenvalue weighted by atomic mass is 9.95. The molecule has 0 aromatic heterocycles. The van der Waals surface area contributed by atoms with Crippen molar-refractivity contribution in [2.45, 2.75) is 33.7 Å². The van der Waals surface area contributed by atoms with Crippen LogP contribution in [0.25, 0.3) is 11.1 Å². The molecule has 0 unspecified atom stereocenters. The maximum atomic E-state index is 6.15. The fourth-order valence-electron chi connectivity index (χ4n) is 2.49. The molecule has 2 aromatic carbocycles. The van der Waals surface area contributed by atoms with E-state index in [0.29, 0.717) is 0 Å². The van der Waals surface area contributed by atoms with Crippen LogP contribution >= 0.6 is 11.6 Å². The Balaban J connectivity index is 2.39. The minimum atomic E-state index is 0.798. The van der Waals surface area contributed by atoms with Crippen molar-refractivity contribution >= 4 is 11.6 Å². The minimum absolute atomic E-state index is 0.798. The average Bonchev–Trinajstić information content (AvgIpc) is 2.40. The number of halogens is 1. The Morgan fingerprint density at radius 1 is 1.00 bits per heavy atom. The summed E-state index contributed by atoms with van der Waals surface area (Å²) in [6.45, 7) is 8.36. The first-order valence-electron chi connectivity index (χ1n) is 7.18. The quantitative estimate of drug-likeness (QED) is 0.752. The highest BCUT2D eigenvalue weighted by Gasteiger charge is 2.08. The van der Waals surface area contributed by atoms with Crippen LogP contribution in [0.3, 0.4) is 0 Å². The molecule has 2 aromatic rings. The Morgan fingerprint density at radius 2 is 1.75 bits per heavy atom. The zero-order valence-corrected chi connectivity index (χ0v) is 13.2. The van der Waals surface area contributed by atoms with Crippen molar-refractivity contribution in [3.63, 3.8) is 0 Å². The molecule has 0 aliphatic carbocycles. The van der Waals surface area contributed by atoms with E-state index in [-0.39, 0.29) is 0 Å². The summed E-state index contributed by atoms with van der Waals surface area (Å²) >= 11 is 6.15. The van der Waals surface area contributed by atoms with Gasteiger partial charge in [-0.3, -0.25) is 0 Å². The van der Waals surface area contributed by atoms with Gasteiger partial charge in [0.25, 0.3) is 0 Å². The minimum Gasteiger partial charge on any atom is -0.313 e. The molecule has 0 amide bonds. The van der Waals surface area contributed by atoms with Gasteiger partial charge in [0.15, 0.2) is 0 Å². The van der Waals surface area contributed by atoms with Crippen LogP contribution in [0.4, 0.5) is 0 Å². The van der Waals surface area contributed by atoms with E-state index < -0.39 is 0 Å². The van der Waals surface area contributed by atoms with E-state index >= 15 is 0 Å². The third kappa shape index (κ3) is 3.62. The van der Waals surface area contributed by atoms with Crippen LogP contribution in [-0.2, 0) is 6.54 Å². The first-order valence-corrected chi connectivity index (χ1v) is 7.56. The molecule has 20 heavy (non-hydrogen) atoms. The van der Waals surface area contributed by atoms with Gasteiger partial charge in [-0.05, 0) is 61.2 Å². The molecule has 106 valence electrons. The van der Waals surface area contributed by atoms with Crippen LogP contribution in [0.15, 0.2) is 36.4 Å². The molecular weight excluding hydrogens is 266 g/mol. The van der Waals surface area contributed by atoms with E-state index in [1.165, 1.54) is 27.8 Å². The summed E-state index contributed by atoms with van der Waals surface area (Å²) in [6.07, 6.45) is 1.14. The average molecular weight is 288 g/mol. The van der Waals surface area contributed by atoms with E-state index in [9.17, 15) is 0 Å². The second-order valence-electron chi connectivity index (χ2n) is 5.30. The van der Waals surface area contributed by atoms with Crippen molar-refractivity contribution in [2.75, 3.05) is 6.54 Å². The van der Waals surface area contributed by atoms with Crippen molar-refractivity contribution in [3.8, 4) is 11.1 Å². The molecule has 0 radical (unpaired) electrons. The zero-order chi connectivity index (χ0) is 14.5. The van der Waals surface area contributed by atoms with Crippen molar-refractivity contribution in [2.24, 2.45) is 0 Å². The fraction of sp³-hybridized carbons (Fsp3) is 0.333. The topological polar surface area (TPSA) is 12.0 Å². The molecule has 0 atom stereocenters. The highest BCUT2D eigenvalue weighted by atomic mass is 35.5. The molecule has 2 heteroatoms. The second-order valence-corrected chi connectivity index (χ2v) is 5.73. The van der Waals surface area contributed by atoms with Gasteiger partial charge in [-0.15, -0.1) is 0 Å². The van der Waals surface area contributed by atoms with Crippen molar-refractivity contribution in [1.82, 2.24) is 5.32 Å². The van der Waals surface area contributed by atoms with E-state index in [2.05, 4.69) is 56.4 Å². The van der Waals surface area contributed by atoms with Gasteiger partial charge in [-0.1, -0.05) is 48.4 Å². The Labute approximate surface area is 127 Å². The van der Waals surface area contributed by atoms with Crippen LogP contribution in [0.2, 0.25) is 5.02 Å². The Kier molecular flexibility index (Phi) is 5.22. The molecule has 1 nitrogen and oxygen atoms in total. The van der Waals surface area contributed by atoms with Gasteiger partial charge < -0.3 is 5.32 Å². The molecule has 0 fully saturated rings. The monoisotopic (exact) mass is 287 g/mol. The van der Waals surface area contributed by atoms with E-state index in [1.807, 2.05) is 6.07 Å². The predicted molar refractivity (Wildman–Crippen MR) is 88.4 cm³/mol. The normalized spacial score (nSPS) is 10.8. The van der Waals surface area contributed by atoms with Crippen LogP contribution in [-0.4, -0.2) is 6.54 Å². The molecule has 0 aliphatic rings. The Bertz CT molecular complexity index is 590. The summed E-state index contributed by atoms with van der Waals surface area (Å²) in [7, 11) is 0. The summed E-state index contributed by atoms with van der Waals surface area (Å²) in [4.78, 5) is 0. The lowest BCUT2D eigenvalue weighted by molar-refractivity contribution is 0.676. The smallest absolute Gasteiger partial charge is 0.0409 e. The van der Waals surface area contributed by atoms with Crippen molar-refractivity contribution in [1.29, 1.82) is 0 Å². The lowest BCUT2D eigenvalue weighted by Crippen LogP contribution is -2.14. The number of benzene rings is 2. The number of rotatable bonds is 5. The van der Waals surface area contributed by atoms with Crippen LogP contribution in [0.5, 0.6) is 0 Å². The van der Waals surface area contributed by atoms with Gasteiger partial charge in [-0.2, -0.15) is 0 Å². The summed E-state index contributed by atoms with van der Waals surface area (Å²) in [5, 5.41) is 4.26. The molecule has 2 rings (SSSR count). The van der Waals surface area contributed by atoms with Gasteiger partial charge >= 0.3 is 0 Å². The summed E-state index contributed by atoms with van der Waals surface area (Å²) in [5.74, 6) is 0. The summed E-state index contributed by atoms with van der Waals surface area (Å²) in [5.41, 5.74) is 6.43. The van der Waals surface area contributed by atoms with E-state index in [1.54, 1.807) is 0 Å².